The zero-order valence-corrected chi connectivity index (χ0v) is 11.7. The van der Waals surface area contributed by atoms with E-state index in [1.54, 1.807) is 18.2 Å². The molecule has 1 aromatic heterocycles. The Morgan fingerprint density at radius 3 is 2.50 bits per heavy atom. The van der Waals surface area contributed by atoms with E-state index >= 15 is 0 Å². The Labute approximate surface area is 119 Å². The van der Waals surface area contributed by atoms with Gasteiger partial charge in [-0.15, -0.1) is 11.3 Å². The quantitative estimate of drug-likeness (QED) is 0.877. The number of ether oxygens (including phenoxy) is 2. The van der Waals surface area contributed by atoms with Gasteiger partial charge >= 0.3 is 11.9 Å². The minimum atomic E-state index is -1.05. The van der Waals surface area contributed by atoms with Crippen LogP contribution in [0.15, 0.2) is 29.6 Å². The summed E-state index contributed by atoms with van der Waals surface area (Å²) in [6.07, 6.45) is 0. The first-order chi connectivity index (χ1) is 9.56. The molecule has 0 spiro atoms. The molecular formula is C14H12O5S. The van der Waals surface area contributed by atoms with Crippen LogP contribution in [0.5, 0.6) is 5.75 Å². The van der Waals surface area contributed by atoms with Gasteiger partial charge in [0, 0.05) is 0 Å². The summed E-state index contributed by atoms with van der Waals surface area (Å²) in [7, 11) is 2.74. The topological polar surface area (TPSA) is 72.8 Å². The number of thiophene rings is 1. The number of methoxy groups -OCH3 is 2. The second-order valence-electron chi connectivity index (χ2n) is 3.91. The van der Waals surface area contributed by atoms with Crippen molar-refractivity contribution < 1.29 is 24.2 Å². The molecule has 6 heteroatoms. The summed E-state index contributed by atoms with van der Waals surface area (Å²) in [6, 6.07) is 6.49. The van der Waals surface area contributed by atoms with Crippen molar-refractivity contribution in [3.05, 3.63) is 40.1 Å². The Morgan fingerprint density at radius 1 is 1.15 bits per heavy atom. The Balaban J connectivity index is 2.40. The van der Waals surface area contributed by atoms with Crippen LogP contribution in [0.3, 0.4) is 0 Å². The SMILES string of the molecule is COC(=O)c1cc(-c2ccc(C(=O)O)c(OC)c2)cs1. The van der Waals surface area contributed by atoms with Gasteiger partial charge in [-0.25, -0.2) is 9.59 Å². The molecule has 0 aliphatic rings. The van der Waals surface area contributed by atoms with Gasteiger partial charge in [-0.1, -0.05) is 6.07 Å². The highest BCUT2D eigenvalue weighted by atomic mass is 32.1. The molecule has 2 aromatic rings. The van der Waals surface area contributed by atoms with Crippen LogP contribution in [0.2, 0.25) is 0 Å². The maximum Gasteiger partial charge on any atom is 0.348 e. The Morgan fingerprint density at radius 2 is 1.90 bits per heavy atom. The second-order valence-corrected chi connectivity index (χ2v) is 4.82. The van der Waals surface area contributed by atoms with Crippen LogP contribution in [0.4, 0.5) is 0 Å². The van der Waals surface area contributed by atoms with Crippen molar-refractivity contribution in [3.63, 3.8) is 0 Å². The molecule has 5 nitrogen and oxygen atoms in total. The van der Waals surface area contributed by atoms with Crippen molar-refractivity contribution in [2.45, 2.75) is 0 Å². The van der Waals surface area contributed by atoms with Crippen molar-refractivity contribution in [3.8, 4) is 16.9 Å². The third-order valence-corrected chi connectivity index (χ3v) is 3.66. The number of hydrogen-bond acceptors (Lipinski definition) is 5. The van der Waals surface area contributed by atoms with Crippen molar-refractivity contribution in [2.75, 3.05) is 14.2 Å². The summed E-state index contributed by atoms with van der Waals surface area (Å²) in [5, 5.41) is 10.8. The molecular weight excluding hydrogens is 280 g/mol. The van der Waals surface area contributed by atoms with E-state index in [4.69, 9.17) is 9.84 Å². The Kier molecular flexibility index (Phi) is 4.05. The third-order valence-electron chi connectivity index (χ3n) is 2.75. The van der Waals surface area contributed by atoms with Crippen LogP contribution >= 0.6 is 11.3 Å². The minimum Gasteiger partial charge on any atom is -0.496 e. The average Bonchev–Trinajstić information content (AvgIpc) is 2.95. The Hall–Kier alpha value is -2.34. The molecule has 0 radical (unpaired) electrons. The molecule has 1 N–H and O–H groups in total. The van der Waals surface area contributed by atoms with Gasteiger partial charge in [0.2, 0.25) is 0 Å². The zero-order chi connectivity index (χ0) is 14.7. The van der Waals surface area contributed by atoms with Gasteiger partial charge in [-0.3, -0.25) is 0 Å². The van der Waals surface area contributed by atoms with Crippen LogP contribution in [-0.4, -0.2) is 31.3 Å². The molecule has 0 fully saturated rings. The predicted molar refractivity (Wildman–Crippen MR) is 74.6 cm³/mol. The van der Waals surface area contributed by atoms with Gasteiger partial charge in [0.1, 0.15) is 16.2 Å². The van der Waals surface area contributed by atoms with E-state index in [0.29, 0.717) is 4.88 Å². The fraction of sp³-hybridized carbons (Fsp3) is 0.143. The largest absolute Gasteiger partial charge is 0.496 e. The van der Waals surface area contributed by atoms with Gasteiger partial charge in [-0.2, -0.15) is 0 Å². The number of aromatic carboxylic acids is 1. The van der Waals surface area contributed by atoms with E-state index in [2.05, 4.69) is 4.74 Å². The fourth-order valence-corrected chi connectivity index (χ4v) is 2.58. The van der Waals surface area contributed by atoms with Gasteiger partial charge in [-0.05, 0) is 34.7 Å². The lowest BCUT2D eigenvalue weighted by Gasteiger charge is -2.06. The van der Waals surface area contributed by atoms with Crippen LogP contribution in [0.25, 0.3) is 11.1 Å². The molecule has 0 aliphatic heterocycles. The maximum absolute atomic E-state index is 11.4. The first-order valence-electron chi connectivity index (χ1n) is 5.65. The van der Waals surface area contributed by atoms with Gasteiger partial charge in [0.25, 0.3) is 0 Å². The summed E-state index contributed by atoms with van der Waals surface area (Å²) in [5.41, 5.74) is 1.68. The lowest BCUT2D eigenvalue weighted by atomic mass is 10.1. The van der Waals surface area contributed by atoms with Crippen LogP contribution in [0, 0.1) is 0 Å². The summed E-state index contributed by atoms with van der Waals surface area (Å²) in [5.74, 6) is -1.16. The first kappa shape index (κ1) is 14.1. The normalized spacial score (nSPS) is 10.1. The second kappa shape index (κ2) is 5.75. The van der Waals surface area contributed by atoms with Gasteiger partial charge in [0.15, 0.2) is 0 Å². The van der Waals surface area contributed by atoms with Gasteiger partial charge < -0.3 is 14.6 Å². The van der Waals surface area contributed by atoms with E-state index < -0.39 is 11.9 Å². The van der Waals surface area contributed by atoms with E-state index in [0.717, 1.165) is 11.1 Å². The van der Waals surface area contributed by atoms with E-state index in [1.165, 1.54) is 31.6 Å². The van der Waals surface area contributed by atoms with Crippen molar-refractivity contribution in [1.82, 2.24) is 0 Å². The van der Waals surface area contributed by atoms with E-state index in [-0.39, 0.29) is 11.3 Å². The van der Waals surface area contributed by atoms with Gasteiger partial charge in [0.05, 0.1) is 14.2 Å². The summed E-state index contributed by atoms with van der Waals surface area (Å²) in [6.45, 7) is 0. The molecule has 0 aliphatic carbocycles. The summed E-state index contributed by atoms with van der Waals surface area (Å²) < 4.78 is 9.73. The lowest BCUT2D eigenvalue weighted by Crippen LogP contribution is -2.00. The molecule has 0 bridgehead atoms. The number of rotatable bonds is 4. The highest BCUT2D eigenvalue weighted by molar-refractivity contribution is 7.12. The molecule has 0 saturated carbocycles. The maximum atomic E-state index is 11.4. The summed E-state index contributed by atoms with van der Waals surface area (Å²) in [4.78, 5) is 22.9. The van der Waals surface area contributed by atoms with Crippen molar-refractivity contribution >= 4 is 23.3 Å². The van der Waals surface area contributed by atoms with Crippen LogP contribution in [0.1, 0.15) is 20.0 Å². The van der Waals surface area contributed by atoms with E-state index in [9.17, 15) is 9.59 Å². The Bertz CT molecular complexity index is 659. The molecule has 1 heterocycles. The highest BCUT2D eigenvalue weighted by Gasteiger charge is 2.14. The molecule has 20 heavy (non-hydrogen) atoms. The van der Waals surface area contributed by atoms with Crippen molar-refractivity contribution in [1.29, 1.82) is 0 Å². The molecule has 1 aromatic carbocycles. The number of hydrogen-bond donors (Lipinski definition) is 1. The smallest absolute Gasteiger partial charge is 0.348 e. The number of carboxylic acids is 1. The monoisotopic (exact) mass is 292 g/mol. The molecule has 104 valence electrons. The number of benzene rings is 1. The standard InChI is InChI=1S/C14H12O5S/c1-18-11-5-8(3-4-10(11)13(15)16)9-6-12(20-7-9)14(17)19-2/h3-7H,1-2H3,(H,15,16). The number of carbonyl (C=O) groups is 2. The first-order valence-corrected chi connectivity index (χ1v) is 6.53. The average molecular weight is 292 g/mol. The van der Waals surface area contributed by atoms with Crippen molar-refractivity contribution in [2.24, 2.45) is 0 Å². The molecule has 0 unspecified atom stereocenters. The van der Waals surface area contributed by atoms with E-state index in [1.807, 2.05) is 5.38 Å². The number of esters is 1. The lowest BCUT2D eigenvalue weighted by molar-refractivity contribution is 0.0605. The number of carboxylic acid groups (broad SMARTS) is 1. The molecule has 0 amide bonds. The minimum absolute atomic E-state index is 0.0969. The highest BCUT2D eigenvalue weighted by Crippen LogP contribution is 2.30. The van der Waals surface area contributed by atoms with Crippen LogP contribution < -0.4 is 4.74 Å². The third kappa shape index (κ3) is 2.65. The number of carbonyl (C=O) groups excluding carboxylic acids is 1. The predicted octanol–water partition coefficient (Wildman–Crippen LogP) is 2.91. The van der Waals surface area contributed by atoms with Crippen LogP contribution in [-0.2, 0) is 4.74 Å². The summed E-state index contributed by atoms with van der Waals surface area (Å²) >= 11 is 1.27. The molecule has 0 atom stereocenters. The fourth-order valence-electron chi connectivity index (χ4n) is 1.74. The zero-order valence-electron chi connectivity index (χ0n) is 10.9. The molecule has 0 saturated heterocycles. The molecule has 2 rings (SSSR count).